The van der Waals surface area contributed by atoms with Gasteiger partial charge in [0.1, 0.15) is 0 Å². The molecular formula is C14H19BrN4O2. The first kappa shape index (κ1) is 15.8. The van der Waals surface area contributed by atoms with Gasteiger partial charge in [-0.15, -0.1) is 0 Å². The molecule has 2 aromatic heterocycles. The minimum atomic E-state index is -0.346. The summed E-state index contributed by atoms with van der Waals surface area (Å²) >= 11 is 3.61. The molecule has 0 unspecified atom stereocenters. The first-order chi connectivity index (χ1) is 10.1. The van der Waals surface area contributed by atoms with Crippen LogP contribution >= 0.6 is 15.9 Å². The average Bonchev–Trinajstić information content (AvgIpc) is 3.06. The highest BCUT2D eigenvalue weighted by Gasteiger charge is 2.16. The van der Waals surface area contributed by atoms with E-state index in [1.807, 2.05) is 4.68 Å². The van der Waals surface area contributed by atoms with Gasteiger partial charge in [-0.2, -0.15) is 10.2 Å². The molecule has 0 bridgehead atoms. The van der Waals surface area contributed by atoms with Crippen molar-refractivity contribution >= 4 is 21.9 Å². The molecule has 0 atom stereocenters. The Hall–Kier alpha value is -1.63. The van der Waals surface area contributed by atoms with Crippen LogP contribution in [0.3, 0.4) is 0 Å². The number of esters is 1. The molecule has 6 nitrogen and oxygen atoms in total. The molecular weight excluding hydrogens is 336 g/mol. The average molecular weight is 355 g/mol. The fourth-order valence-electron chi connectivity index (χ4n) is 2.09. The third-order valence-corrected chi connectivity index (χ3v) is 4.07. The third-order valence-electron chi connectivity index (χ3n) is 3.15. The van der Waals surface area contributed by atoms with Crippen molar-refractivity contribution < 1.29 is 9.53 Å². The van der Waals surface area contributed by atoms with E-state index in [1.165, 1.54) is 6.20 Å². The Labute approximate surface area is 132 Å². The molecule has 0 saturated carbocycles. The van der Waals surface area contributed by atoms with E-state index in [9.17, 15) is 4.79 Å². The van der Waals surface area contributed by atoms with Crippen LogP contribution in [0.1, 0.15) is 42.5 Å². The van der Waals surface area contributed by atoms with Gasteiger partial charge in [-0.3, -0.25) is 9.36 Å². The number of nitrogens with zero attached hydrogens (tertiary/aromatic N) is 4. The SMILES string of the molecule is CCOC(=O)c1cnn(Cc2c(Br)c(CC)nn2CC)c1. The van der Waals surface area contributed by atoms with Crippen molar-refractivity contribution in [3.05, 3.63) is 33.8 Å². The summed E-state index contributed by atoms with van der Waals surface area (Å²) in [4.78, 5) is 11.6. The monoisotopic (exact) mass is 354 g/mol. The molecule has 0 N–H and O–H groups in total. The molecule has 21 heavy (non-hydrogen) atoms. The fraction of sp³-hybridized carbons (Fsp3) is 0.500. The van der Waals surface area contributed by atoms with Crippen LogP contribution in [0.25, 0.3) is 0 Å². The largest absolute Gasteiger partial charge is 0.462 e. The minimum absolute atomic E-state index is 0.346. The number of halogens is 1. The molecule has 0 saturated heterocycles. The Bertz CT molecular complexity index is 633. The molecule has 2 heterocycles. The second-order valence-electron chi connectivity index (χ2n) is 4.52. The van der Waals surface area contributed by atoms with Crippen LogP contribution in [0.5, 0.6) is 0 Å². The van der Waals surface area contributed by atoms with E-state index in [2.05, 4.69) is 40.0 Å². The number of ether oxygens (including phenoxy) is 1. The first-order valence-electron chi connectivity index (χ1n) is 7.04. The zero-order valence-corrected chi connectivity index (χ0v) is 14.1. The highest BCUT2D eigenvalue weighted by atomic mass is 79.9. The van der Waals surface area contributed by atoms with Gasteiger partial charge < -0.3 is 4.74 Å². The molecule has 0 fully saturated rings. The van der Waals surface area contributed by atoms with Crippen molar-refractivity contribution in [3.63, 3.8) is 0 Å². The second-order valence-corrected chi connectivity index (χ2v) is 5.32. The van der Waals surface area contributed by atoms with Crippen molar-refractivity contribution in [3.8, 4) is 0 Å². The maximum Gasteiger partial charge on any atom is 0.341 e. The summed E-state index contributed by atoms with van der Waals surface area (Å²) in [5.74, 6) is -0.346. The predicted octanol–water partition coefficient (Wildman–Crippen LogP) is 2.65. The van der Waals surface area contributed by atoms with Crippen LogP contribution in [0, 0.1) is 0 Å². The fourth-order valence-corrected chi connectivity index (χ4v) is 2.78. The summed E-state index contributed by atoms with van der Waals surface area (Å²) in [7, 11) is 0. The van der Waals surface area contributed by atoms with Crippen LogP contribution in [0.15, 0.2) is 16.9 Å². The van der Waals surface area contributed by atoms with E-state index in [-0.39, 0.29) is 5.97 Å². The molecule has 0 spiro atoms. The van der Waals surface area contributed by atoms with E-state index in [0.717, 1.165) is 28.8 Å². The van der Waals surface area contributed by atoms with E-state index >= 15 is 0 Å². The topological polar surface area (TPSA) is 61.9 Å². The van der Waals surface area contributed by atoms with E-state index in [4.69, 9.17) is 4.74 Å². The summed E-state index contributed by atoms with van der Waals surface area (Å²) in [5, 5.41) is 8.77. The number of aryl methyl sites for hydroxylation is 2. The van der Waals surface area contributed by atoms with Gasteiger partial charge >= 0.3 is 5.97 Å². The highest BCUT2D eigenvalue weighted by Crippen LogP contribution is 2.23. The van der Waals surface area contributed by atoms with Gasteiger partial charge in [0, 0.05) is 12.7 Å². The molecule has 2 aromatic rings. The Balaban J connectivity index is 2.22. The Kier molecular flexibility index (Phi) is 5.17. The van der Waals surface area contributed by atoms with E-state index < -0.39 is 0 Å². The van der Waals surface area contributed by atoms with Crippen LogP contribution in [0.2, 0.25) is 0 Å². The lowest BCUT2D eigenvalue weighted by atomic mass is 10.3. The minimum Gasteiger partial charge on any atom is -0.462 e. The quantitative estimate of drug-likeness (QED) is 0.748. The van der Waals surface area contributed by atoms with E-state index in [1.54, 1.807) is 17.8 Å². The number of carbonyl (C=O) groups excluding carboxylic acids is 1. The number of hydrogen-bond donors (Lipinski definition) is 0. The van der Waals surface area contributed by atoms with Gasteiger partial charge in [-0.05, 0) is 36.2 Å². The van der Waals surface area contributed by atoms with Gasteiger partial charge in [0.15, 0.2) is 0 Å². The van der Waals surface area contributed by atoms with Crippen molar-refractivity contribution in [2.45, 2.75) is 40.3 Å². The van der Waals surface area contributed by atoms with Crippen molar-refractivity contribution in [2.24, 2.45) is 0 Å². The molecule has 0 aromatic carbocycles. The maximum absolute atomic E-state index is 11.6. The molecule has 7 heteroatoms. The van der Waals surface area contributed by atoms with Crippen molar-refractivity contribution in [1.29, 1.82) is 0 Å². The van der Waals surface area contributed by atoms with Crippen LogP contribution in [-0.4, -0.2) is 32.1 Å². The second kappa shape index (κ2) is 6.89. The summed E-state index contributed by atoms with van der Waals surface area (Å²) in [5.41, 5.74) is 2.55. The van der Waals surface area contributed by atoms with Gasteiger partial charge in [-0.25, -0.2) is 4.79 Å². The molecule has 114 valence electrons. The molecule has 0 aliphatic rings. The van der Waals surface area contributed by atoms with Crippen LogP contribution < -0.4 is 0 Å². The van der Waals surface area contributed by atoms with Crippen LogP contribution in [-0.2, 0) is 24.2 Å². The third kappa shape index (κ3) is 3.34. The Morgan fingerprint density at radius 1 is 1.38 bits per heavy atom. The Morgan fingerprint density at radius 2 is 2.14 bits per heavy atom. The lowest BCUT2D eigenvalue weighted by molar-refractivity contribution is 0.0526. The number of hydrogen-bond acceptors (Lipinski definition) is 4. The number of rotatable bonds is 6. The summed E-state index contributed by atoms with van der Waals surface area (Å²) in [6, 6.07) is 0. The van der Waals surface area contributed by atoms with Crippen molar-refractivity contribution in [1.82, 2.24) is 19.6 Å². The first-order valence-corrected chi connectivity index (χ1v) is 7.83. The van der Waals surface area contributed by atoms with Gasteiger partial charge in [-0.1, -0.05) is 6.92 Å². The lowest BCUT2D eigenvalue weighted by Crippen LogP contribution is -2.09. The zero-order chi connectivity index (χ0) is 15.4. The molecule has 0 amide bonds. The molecule has 0 aliphatic carbocycles. The van der Waals surface area contributed by atoms with Gasteiger partial charge in [0.2, 0.25) is 0 Å². The zero-order valence-electron chi connectivity index (χ0n) is 12.5. The number of aromatic nitrogens is 4. The summed E-state index contributed by atoms with van der Waals surface area (Å²) in [6.07, 6.45) is 4.09. The van der Waals surface area contributed by atoms with Crippen molar-refractivity contribution in [2.75, 3.05) is 6.61 Å². The number of carbonyl (C=O) groups is 1. The normalized spacial score (nSPS) is 10.9. The highest BCUT2D eigenvalue weighted by molar-refractivity contribution is 9.10. The van der Waals surface area contributed by atoms with E-state index in [0.29, 0.717) is 18.7 Å². The molecule has 0 radical (unpaired) electrons. The maximum atomic E-state index is 11.6. The smallest absolute Gasteiger partial charge is 0.341 e. The molecule has 0 aliphatic heterocycles. The van der Waals surface area contributed by atoms with Crippen LogP contribution in [0.4, 0.5) is 0 Å². The predicted molar refractivity (Wildman–Crippen MR) is 82.3 cm³/mol. The molecule has 2 rings (SSSR count). The summed E-state index contributed by atoms with van der Waals surface area (Å²) in [6.45, 7) is 7.61. The van der Waals surface area contributed by atoms with Gasteiger partial charge in [0.05, 0.1) is 40.8 Å². The van der Waals surface area contributed by atoms with Gasteiger partial charge in [0.25, 0.3) is 0 Å². The Morgan fingerprint density at radius 3 is 2.76 bits per heavy atom. The lowest BCUT2D eigenvalue weighted by Gasteiger charge is -2.05. The summed E-state index contributed by atoms with van der Waals surface area (Å²) < 4.78 is 9.65. The standard InChI is InChI=1S/C14H19BrN4O2/c1-4-11-13(15)12(19(5-2)17-11)9-18-8-10(7-16-18)14(20)21-6-3/h7-8H,4-6,9H2,1-3H3.